The molecule has 0 aliphatic carbocycles. The zero-order valence-corrected chi connectivity index (χ0v) is 62.6. The van der Waals surface area contributed by atoms with Gasteiger partial charge in [0.25, 0.3) is 31.3 Å². The number of carboxylic acids is 1. The van der Waals surface area contributed by atoms with Gasteiger partial charge in [-0.1, -0.05) is 261 Å². The SMILES string of the molecule is CCCCCCCCOP(=O)([O-])OP(=O)([O-])OCCCC.CCCCCCCCOP(=O)([O-])OP(=O)([O-])OCCCC.CCCCCCCCOP(O)OCCCCCCCC.CCCCCCCCOP(O)OCCCCCCCC.O=CC(=O)[O-].[Ti+4]. The van der Waals surface area contributed by atoms with Crippen molar-refractivity contribution in [3.63, 3.8) is 0 Å². The van der Waals surface area contributed by atoms with Gasteiger partial charge in [-0.25, -0.2) is 8.62 Å². The summed E-state index contributed by atoms with van der Waals surface area (Å²) in [6.07, 6.45) is 43.4. The van der Waals surface area contributed by atoms with Crippen LogP contribution in [0.5, 0.6) is 0 Å². The molecule has 30 heteroatoms. The zero-order valence-electron chi connectivity index (χ0n) is 55.7. The van der Waals surface area contributed by atoms with Crippen molar-refractivity contribution < 1.29 is 129 Å². The fraction of sp³-hybridized carbons (Fsp3) is 0.966. The Labute approximate surface area is 551 Å². The molecule has 4 unspecified atom stereocenters. The molecule has 528 valence electrons. The molecule has 88 heavy (non-hydrogen) atoms. The smallest absolute Gasteiger partial charge is 0.756 e. The second kappa shape index (κ2) is 77.0. The summed E-state index contributed by atoms with van der Waals surface area (Å²) in [6, 6.07) is 0. The Bertz CT molecular complexity index is 1480. The molecule has 4 atom stereocenters. The standard InChI is InChI=1S/2C16H35O3P.2C12H28O7P2.C2H2O3.Ti/c2*1-3-5-7-9-11-13-15-18-20(17)19-16-14-12-10-8-6-4-2;2*1-3-5-7-8-9-10-12-18-21(15,16)19-20(13,14)17-11-6-4-2;3-1-2(4)5;/h2*17H,3-16H2,1-2H3;2*3-12H2,1-2H3,(H,13,14)(H,15,16);1H,(H,4,5);/q;;;;;+4/p-5. The van der Waals surface area contributed by atoms with Gasteiger partial charge in [-0.15, -0.1) is 0 Å². The van der Waals surface area contributed by atoms with Gasteiger partial charge in [0.05, 0.1) is 52.9 Å². The van der Waals surface area contributed by atoms with Crippen LogP contribution >= 0.6 is 48.5 Å². The van der Waals surface area contributed by atoms with E-state index in [0.717, 1.165) is 103 Å². The van der Waals surface area contributed by atoms with Crippen molar-refractivity contribution in [1.82, 2.24) is 0 Å². The van der Waals surface area contributed by atoms with Crippen LogP contribution in [0.2, 0.25) is 0 Å². The van der Waals surface area contributed by atoms with Crippen LogP contribution in [0.25, 0.3) is 0 Å². The Morgan fingerprint density at radius 2 is 0.466 bits per heavy atom. The van der Waals surface area contributed by atoms with Crippen LogP contribution in [0.1, 0.15) is 312 Å². The fourth-order valence-corrected chi connectivity index (χ4v) is 12.7. The monoisotopic (exact) mass is 1420 g/mol. The number of aldehydes is 1. The molecule has 0 aromatic carbocycles. The molecule has 23 nitrogen and oxygen atoms in total. The van der Waals surface area contributed by atoms with Crippen molar-refractivity contribution in [3.8, 4) is 0 Å². The van der Waals surface area contributed by atoms with Gasteiger partial charge in [-0.05, 0) is 51.4 Å². The molecule has 0 amide bonds. The van der Waals surface area contributed by atoms with E-state index in [4.69, 9.17) is 32.8 Å². The number of hydrogen-bond donors (Lipinski definition) is 2. The predicted molar refractivity (Wildman–Crippen MR) is 340 cm³/mol. The molecule has 0 bridgehead atoms. The molecule has 0 radical (unpaired) electrons. The maximum Gasteiger partial charge on any atom is 4.00 e. The summed E-state index contributed by atoms with van der Waals surface area (Å²) in [5.41, 5.74) is 0. The molecule has 0 aromatic rings. The van der Waals surface area contributed by atoms with Crippen molar-refractivity contribution in [3.05, 3.63) is 0 Å². The predicted octanol–water partition coefficient (Wildman–Crippen LogP) is 16.1. The van der Waals surface area contributed by atoms with E-state index >= 15 is 0 Å². The van der Waals surface area contributed by atoms with E-state index in [9.17, 15) is 47.6 Å². The number of rotatable bonds is 61. The zero-order chi connectivity index (χ0) is 66.5. The molecule has 0 aliphatic heterocycles. The Morgan fingerprint density at radius 1 is 0.318 bits per heavy atom. The van der Waals surface area contributed by atoms with Crippen molar-refractivity contribution in [2.75, 3.05) is 52.9 Å². The number of carbonyl (C=O) groups excluding carboxylic acids is 2. The van der Waals surface area contributed by atoms with Crippen molar-refractivity contribution in [2.45, 2.75) is 312 Å². The molecule has 0 spiro atoms. The summed E-state index contributed by atoms with van der Waals surface area (Å²) in [5, 5.41) is 8.89. The third kappa shape index (κ3) is 93.4. The van der Waals surface area contributed by atoms with Gasteiger partial charge in [0, 0.05) is 0 Å². The number of aliphatic carboxylic acids is 1. The summed E-state index contributed by atoms with van der Waals surface area (Å²) in [6.45, 7) is 19.0. The summed E-state index contributed by atoms with van der Waals surface area (Å²) < 4.78 is 92.1. The van der Waals surface area contributed by atoms with Crippen LogP contribution in [-0.2, 0) is 94.4 Å². The first-order valence-electron chi connectivity index (χ1n) is 33.0. The summed E-state index contributed by atoms with van der Waals surface area (Å²) >= 11 is 0. The maximum atomic E-state index is 11.3. The number of phosphoric ester groups is 4. The fourth-order valence-electron chi connectivity index (χ4n) is 7.27. The Morgan fingerprint density at radius 3 is 0.636 bits per heavy atom. The second-order valence-corrected chi connectivity index (χ2v) is 28.7. The average molecular weight is 1420 g/mol. The first kappa shape index (κ1) is 100. The molecule has 0 rings (SSSR count). The molecule has 0 aromatic heterocycles. The molecule has 0 saturated carbocycles. The van der Waals surface area contributed by atoms with E-state index in [1.54, 1.807) is 0 Å². The Balaban J connectivity index is -0.000000247. The van der Waals surface area contributed by atoms with Crippen molar-refractivity contribution in [1.29, 1.82) is 0 Å². The third-order valence-electron chi connectivity index (χ3n) is 12.3. The Kier molecular flexibility index (Phi) is 87.5. The van der Waals surface area contributed by atoms with E-state index in [0.29, 0.717) is 52.1 Å². The van der Waals surface area contributed by atoms with Crippen LogP contribution in [0.4, 0.5) is 0 Å². The minimum Gasteiger partial charge on any atom is -0.756 e. The summed E-state index contributed by atoms with van der Waals surface area (Å²) in [5.74, 6) is -1.68. The van der Waals surface area contributed by atoms with Gasteiger partial charge in [0.1, 0.15) is 5.97 Å². The van der Waals surface area contributed by atoms with Gasteiger partial charge in [-0.2, -0.15) is 0 Å². The Hall–Kier alpha value is 0.994. The second-order valence-electron chi connectivity index (χ2n) is 20.8. The van der Waals surface area contributed by atoms with E-state index in [2.05, 4.69) is 68.3 Å². The number of carbonyl (C=O) groups is 2. The van der Waals surface area contributed by atoms with Crippen molar-refractivity contribution >= 4 is 60.8 Å². The maximum absolute atomic E-state index is 11.3. The number of hydrogen-bond acceptors (Lipinski definition) is 23. The minimum atomic E-state index is -4.87. The van der Waals surface area contributed by atoms with E-state index in [1.165, 1.54) is 128 Å². The van der Waals surface area contributed by atoms with Gasteiger partial charge in [-0.3, -0.25) is 23.1 Å². The molecular weight excluding hydrogens is 1300 g/mol. The largest absolute Gasteiger partial charge is 4.00 e. The first-order chi connectivity index (χ1) is 41.5. The average Bonchev–Trinajstić information content (AvgIpc) is 3.67. The van der Waals surface area contributed by atoms with E-state index in [1.807, 2.05) is 13.8 Å². The third-order valence-corrected chi connectivity index (χ3v) is 19.1. The van der Waals surface area contributed by atoms with Crippen LogP contribution in [0.15, 0.2) is 0 Å². The van der Waals surface area contributed by atoms with Crippen LogP contribution in [-0.4, -0.2) is 74.9 Å². The molecule has 0 aliphatic rings. The number of unbranched alkanes of at least 4 members (excludes halogenated alkanes) is 32. The van der Waals surface area contributed by atoms with Gasteiger partial charge in [0.15, 0.2) is 6.29 Å². The van der Waals surface area contributed by atoms with Crippen LogP contribution in [0.3, 0.4) is 0 Å². The number of phosphoric acid groups is 4. The molecule has 0 saturated heterocycles. The van der Waals surface area contributed by atoms with Crippen molar-refractivity contribution in [2.24, 2.45) is 0 Å². The van der Waals surface area contributed by atoms with Gasteiger partial charge >= 0.3 is 38.9 Å². The van der Waals surface area contributed by atoms with E-state index < -0.39 is 54.5 Å². The first-order valence-corrected chi connectivity index (χ1v) is 41.1. The van der Waals surface area contributed by atoms with Crippen LogP contribution < -0.4 is 24.7 Å². The topological polar surface area (TPSA) is 350 Å². The van der Waals surface area contributed by atoms with Gasteiger partial charge in [0.2, 0.25) is 0 Å². The normalized spacial score (nSPS) is 13.8. The van der Waals surface area contributed by atoms with Gasteiger partial charge < -0.3 is 75.5 Å². The summed E-state index contributed by atoms with van der Waals surface area (Å²) in [7, 11) is -22.8. The molecule has 2 N–H and O–H groups in total. The molecular formula is C58H123O23P6Ti-. The number of carboxylic acid groups (broad SMARTS) is 1. The molecule has 0 heterocycles. The minimum absolute atomic E-state index is 0. The van der Waals surface area contributed by atoms with E-state index in [-0.39, 0.29) is 54.4 Å². The van der Waals surface area contributed by atoms with Crippen LogP contribution in [0, 0.1) is 0 Å². The summed E-state index contributed by atoms with van der Waals surface area (Å²) in [4.78, 5) is 82.0. The quantitative estimate of drug-likeness (QED) is 0.0188. The molecule has 0 fully saturated rings.